The lowest BCUT2D eigenvalue weighted by Gasteiger charge is -2.37. The zero-order chi connectivity index (χ0) is 27.0. The number of rotatable bonds is 10. The first-order valence-electron chi connectivity index (χ1n) is 12.7. The molecule has 0 aliphatic heterocycles. The van der Waals surface area contributed by atoms with Gasteiger partial charge in [-0.3, -0.25) is 9.59 Å². The third kappa shape index (κ3) is 10.3. The number of benzene rings is 1. The Balaban J connectivity index is 3.51. The van der Waals surface area contributed by atoms with E-state index in [1.165, 1.54) is 0 Å². The lowest BCUT2D eigenvalue weighted by molar-refractivity contribution is -0.144. The second kappa shape index (κ2) is 12.9. The average molecular weight is 490 g/mol. The van der Waals surface area contributed by atoms with E-state index < -0.39 is 29.3 Å². The van der Waals surface area contributed by atoms with Gasteiger partial charge in [-0.05, 0) is 71.9 Å². The minimum atomic E-state index is -0.833. The number of amides is 3. The summed E-state index contributed by atoms with van der Waals surface area (Å²) in [5.74, 6) is -0.734. The Bertz CT molecular complexity index is 852. The molecule has 0 saturated heterocycles. The Morgan fingerprint density at radius 3 is 2.09 bits per heavy atom. The molecule has 0 heterocycles. The molecule has 0 aromatic heterocycles. The number of alkyl carbamates (subject to hydrolysis) is 1. The van der Waals surface area contributed by atoms with Crippen LogP contribution in [0.15, 0.2) is 24.3 Å². The molecule has 2 atom stereocenters. The van der Waals surface area contributed by atoms with Gasteiger partial charge in [0.2, 0.25) is 11.8 Å². The summed E-state index contributed by atoms with van der Waals surface area (Å²) in [5, 5.41) is 5.83. The second-order valence-corrected chi connectivity index (χ2v) is 11.6. The van der Waals surface area contributed by atoms with E-state index in [0.717, 1.165) is 30.4 Å². The fourth-order valence-corrected chi connectivity index (χ4v) is 3.81. The maximum absolute atomic E-state index is 14.1. The summed E-state index contributed by atoms with van der Waals surface area (Å²) in [5.41, 5.74) is 0.545. The second-order valence-electron chi connectivity index (χ2n) is 11.6. The molecule has 0 saturated carbocycles. The highest BCUT2D eigenvalue weighted by molar-refractivity contribution is 5.92. The standard InChI is InChI=1S/C28H47N3O4/c1-11-12-15-18-31(25(33)22(19(2)3)29-26(34)35-28(8,9)10)23(24(32)30-27(5,6)7)21-17-14-13-16-20(21)4/h13-14,16-17,19,22-23H,11-12,15,18H2,1-10H3,(H,29,34)(H,30,32). The summed E-state index contributed by atoms with van der Waals surface area (Å²) < 4.78 is 5.42. The normalized spacial score (nSPS) is 13.7. The van der Waals surface area contributed by atoms with E-state index in [1.54, 1.807) is 25.7 Å². The molecule has 0 bridgehead atoms. The molecule has 2 unspecified atom stereocenters. The molecule has 35 heavy (non-hydrogen) atoms. The number of hydrogen-bond donors (Lipinski definition) is 2. The van der Waals surface area contributed by atoms with Gasteiger partial charge in [0.25, 0.3) is 0 Å². The average Bonchev–Trinajstić information content (AvgIpc) is 2.69. The van der Waals surface area contributed by atoms with E-state index in [-0.39, 0.29) is 17.7 Å². The van der Waals surface area contributed by atoms with Crippen molar-refractivity contribution in [1.29, 1.82) is 0 Å². The van der Waals surface area contributed by atoms with Crippen LogP contribution in [0.25, 0.3) is 0 Å². The van der Waals surface area contributed by atoms with E-state index in [9.17, 15) is 14.4 Å². The third-order valence-electron chi connectivity index (χ3n) is 5.43. The highest BCUT2D eigenvalue weighted by Crippen LogP contribution is 2.28. The highest BCUT2D eigenvalue weighted by atomic mass is 16.6. The summed E-state index contributed by atoms with van der Waals surface area (Å²) in [6, 6.07) is 5.99. The first-order chi connectivity index (χ1) is 16.1. The van der Waals surface area contributed by atoms with Gasteiger partial charge < -0.3 is 20.3 Å². The maximum Gasteiger partial charge on any atom is 0.408 e. The predicted octanol–water partition coefficient (Wildman–Crippen LogP) is 5.52. The van der Waals surface area contributed by atoms with Gasteiger partial charge in [-0.1, -0.05) is 57.9 Å². The fraction of sp³-hybridized carbons (Fsp3) is 0.679. The quantitative estimate of drug-likeness (QED) is 0.424. The Labute approximate surface area is 212 Å². The number of hydrogen-bond acceptors (Lipinski definition) is 4. The molecule has 7 nitrogen and oxygen atoms in total. The Hall–Kier alpha value is -2.57. The van der Waals surface area contributed by atoms with Gasteiger partial charge in [0.15, 0.2) is 0 Å². The molecule has 0 radical (unpaired) electrons. The summed E-state index contributed by atoms with van der Waals surface area (Å²) in [4.78, 5) is 42.0. The number of unbranched alkanes of at least 4 members (excludes halogenated alkanes) is 2. The summed E-state index contributed by atoms with van der Waals surface area (Å²) in [6.07, 6.45) is 2.01. The van der Waals surface area contributed by atoms with Crippen LogP contribution >= 0.6 is 0 Å². The first-order valence-corrected chi connectivity index (χ1v) is 12.7. The molecule has 0 aliphatic rings. The van der Waals surface area contributed by atoms with E-state index in [2.05, 4.69) is 17.6 Å². The number of ether oxygens (including phenoxy) is 1. The van der Waals surface area contributed by atoms with Crippen LogP contribution in [0.3, 0.4) is 0 Å². The Morgan fingerprint density at radius 1 is 1.00 bits per heavy atom. The summed E-state index contributed by atoms with van der Waals surface area (Å²) in [6.45, 7) is 19.3. The monoisotopic (exact) mass is 489 g/mol. The topological polar surface area (TPSA) is 87.7 Å². The van der Waals surface area contributed by atoms with Crippen LogP contribution in [0, 0.1) is 12.8 Å². The molecular weight excluding hydrogens is 442 g/mol. The first kappa shape index (κ1) is 30.5. The van der Waals surface area contributed by atoms with Crippen LogP contribution in [0.1, 0.15) is 98.7 Å². The van der Waals surface area contributed by atoms with Crippen LogP contribution < -0.4 is 10.6 Å². The van der Waals surface area contributed by atoms with Gasteiger partial charge in [0.05, 0.1) is 0 Å². The van der Waals surface area contributed by atoms with Crippen molar-refractivity contribution >= 4 is 17.9 Å². The van der Waals surface area contributed by atoms with Gasteiger partial charge >= 0.3 is 6.09 Å². The predicted molar refractivity (Wildman–Crippen MR) is 141 cm³/mol. The smallest absolute Gasteiger partial charge is 0.408 e. The van der Waals surface area contributed by atoms with Crippen molar-refractivity contribution < 1.29 is 19.1 Å². The number of nitrogens with zero attached hydrogens (tertiary/aromatic N) is 1. The molecule has 1 rings (SSSR count). The molecule has 1 aromatic rings. The number of carbonyl (C=O) groups is 3. The molecule has 2 N–H and O–H groups in total. The fourth-order valence-electron chi connectivity index (χ4n) is 3.81. The molecule has 0 fully saturated rings. The van der Waals surface area contributed by atoms with Gasteiger partial charge in [-0.15, -0.1) is 0 Å². The van der Waals surface area contributed by atoms with Crippen molar-refractivity contribution in [1.82, 2.24) is 15.5 Å². The van der Waals surface area contributed by atoms with Crippen LogP contribution in [0.5, 0.6) is 0 Å². The van der Waals surface area contributed by atoms with Crippen molar-refractivity contribution in [3.63, 3.8) is 0 Å². The van der Waals surface area contributed by atoms with Crippen molar-refractivity contribution in [3.8, 4) is 0 Å². The van der Waals surface area contributed by atoms with Crippen LogP contribution in [0.2, 0.25) is 0 Å². The molecule has 0 spiro atoms. The third-order valence-corrected chi connectivity index (χ3v) is 5.43. The molecule has 3 amide bonds. The SMILES string of the molecule is CCCCCN(C(=O)C(NC(=O)OC(C)(C)C)C(C)C)C(C(=O)NC(C)(C)C)c1ccccc1C. The van der Waals surface area contributed by atoms with Gasteiger partial charge in [0, 0.05) is 12.1 Å². The van der Waals surface area contributed by atoms with Crippen molar-refractivity contribution in [2.24, 2.45) is 5.92 Å². The molecule has 0 aliphatic carbocycles. The van der Waals surface area contributed by atoms with Crippen molar-refractivity contribution in [3.05, 3.63) is 35.4 Å². The minimum Gasteiger partial charge on any atom is -0.444 e. The van der Waals surface area contributed by atoms with Crippen LogP contribution in [-0.4, -0.2) is 46.5 Å². The van der Waals surface area contributed by atoms with E-state index in [0.29, 0.717) is 6.54 Å². The van der Waals surface area contributed by atoms with Gasteiger partial charge in [0.1, 0.15) is 17.7 Å². The zero-order valence-corrected chi connectivity index (χ0v) is 23.5. The van der Waals surface area contributed by atoms with Crippen LogP contribution in [0.4, 0.5) is 4.79 Å². The van der Waals surface area contributed by atoms with Crippen molar-refractivity contribution in [2.45, 2.75) is 112 Å². The maximum atomic E-state index is 14.1. The van der Waals surface area contributed by atoms with E-state index >= 15 is 0 Å². The number of aryl methyl sites for hydroxylation is 1. The highest BCUT2D eigenvalue weighted by Gasteiger charge is 2.38. The zero-order valence-electron chi connectivity index (χ0n) is 23.5. The van der Waals surface area contributed by atoms with Crippen LogP contribution in [-0.2, 0) is 14.3 Å². The molecule has 7 heteroatoms. The Kier molecular flexibility index (Phi) is 11.3. The molecular formula is C28H47N3O4. The van der Waals surface area contributed by atoms with E-state index in [4.69, 9.17) is 4.74 Å². The largest absolute Gasteiger partial charge is 0.444 e. The number of carbonyl (C=O) groups excluding carboxylic acids is 3. The van der Waals surface area contributed by atoms with Gasteiger partial charge in [-0.25, -0.2) is 4.79 Å². The summed E-state index contributed by atoms with van der Waals surface area (Å²) >= 11 is 0. The van der Waals surface area contributed by atoms with Gasteiger partial charge in [-0.2, -0.15) is 0 Å². The molecule has 1 aromatic carbocycles. The summed E-state index contributed by atoms with van der Waals surface area (Å²) in [7, 11) is 0. The van der Waals surface area contributed by atoms with E-state index in [1.807, 2.05) is 65.8 Å². The van der Waals surface area contributed by atoms with Crippen molar-refractivity contribution in [2.75, 3.05) is 6.54 Å². The molecule has 198 valence electrons. The number of nitrogens with one attached hydrogen (secondary N) is 2. The minimum absolute atomic E-state index is 0.202. The lowest BCUT2D eigenvalue weighted by atomic mass is 9.95. The Morgan fingerprint density at radius 2 is 1.60 bits per heavy atom. The lowest BCUT2D eigenvalue weighted by Crippen LogP contribution is -2.56.